The zero-order chi connectivity index (χ0) is 20.2. The lowest BCUT2D eigenvalue weighted by Gasteiger charge is -2.06. The summed E-state index contributed by atoms with van der Waals surface area (Å²) >= 11 is 7.34. The number of hydrogen-bond donors (Lipinski definition) is 1. The molecule has 29 heavy (non-hydrogen) atoms. The van der Waals surface area contributed by atoms with Gasteiger partial charge < -0.3 is 9.73 Å². The molecule has 1 N–H and O–H groups in total. The quantitative estimate of drug-likeness (QED) is 0.363. The van der Waals surface area contributed by atoms with E-state index in [1.54, 1.807) is 0 Å². The Morgan fingerprint density at radius 2 is 1.83 bits per heavy atom. The molecule has 0 unspecified atom stereocenters. The summed E-state index contributed by atoms with van der Waals surface area (Å²) in [6.07, 6.45) is 0.961. The Morgan fingerprint density at radius 1 is 1.07 bits per heavy atom. The number of nitrogens with zero attached hydrogens (tertiary/aromatic N) is 1. The first-order valence-corrected chi connectivity index (χ1v) is 10.6. The monoisotopic (exact) mass is 422 g/mol. The topological polar surface area (TPSA) is 55.1 Å². The van der Waals surface area contributed by atoms with Gasteiger partial charge in [0, 0.05) is 21.2 Å². The number of aryl methyl sites for hydroxylation is 1. The Hall–Kier alpha value is -2.76. The van der Waals surface area contributed by atoms with Gasteiger partial charge in [-0.1, -0.05) is 24.6 Å². The molecule has 4 nitrogen and oxygen atoms in total. The molecule has 146 valence electrons. The van der Waals surface area contributed by atoms with Crippen LogP contribution in [0.15, 0.2) is 76.0 Å². The molecule has 0 saturated carbocycles. The molecule has 1 heterocycles. The molecule has 0 spiro atoms. The van der Waals surface area contributed by atoms with E-state index in [0.29, 0.717) is 16.7 Å². The lowest BCUT2D eigenvalue weighted by molar-refractivity contribution is -0.113. The number of carbonyl (C=O) groups is 1. The molecule has 6 heteroatoms. The second kappa shape index (κ2) is 8.72. The van der Waals surface area contributed by atoms with Crippen molar-refractivity contribution >= 4 is 46.1 Å². The highest BCUT2D eigenvalue weighted by Crippen LogP contribution is 2.26. The maximum absolute atomic E-state index is 12.2. The molecule has 0 aliphatic carbocycles. The number of fused-ring (bicyclic) bond motifs is 1. The van der Waals surface area contributed by atoms with Gasteiger partial charge in [0.1, 0.15) is 5.52 Å². The summed E-state index contributed by atoms with van der Waals surface area (Å²) in [6.45, 7) is 2.11. The molecule has 0 saturated heterocycles. The standard InChI is InChI=1S/C23H19ClN2O2S/c1-2-15-3-12-21-20(13-15)26-23(28-21)16-4-8-18(9-5-16)25-22(27)14-29-19-10-6-17(24)7-11-19/h3-13H,2,14H2,1H3,(H,25,27). The third kappa shape index (κ3) is 4.81. The highest BCUT2D eigenvalue weighted by molar-refractivity contribution is 8.00. The average Bonchev–Trinajstić information content (AvgIpc) is 3.17. The molecule has 0 fully saturated rings. The van der Waals surface area contributed by atoms with E-state index in [1.165, 1.54) is 17.3 Å². The summed E-state index contributed by atoms with van der Waals surface area (Å²) in [5.41, 5.74) is 4.46. The highest BCUT2D eigenvalue weighted by Gasteiger charge is 2.10. The number of benzene rings is 3. The van der Waals surface area contributed by atoms with E-state index in [0.717, 1.165) is 33.7 Å². The predicted molar refractivity (Wildman–Crippen MR) is 120 cm³/mol. The molecule has 0 bridgehead atoms. The first-order valence-electron chi connectivity index (χ1n) is 9.29. The van der Waals surface area contributed by atoms with Gasteiger partial charge in [-0.15, -0.1) is 11.8 Å². The van der Waals surface area contributed by atoms with Gasteiger partial charge in [-0.2, -0.15) is 0 Å². The SMILES string of the molecule is CCc1ccc2oc(-c3ccc(NC(=O)CSc4ccc(Cl)cc4)cc3)nc2c1. The third-order valence-corrected chi connectivity index (χ3v) is 5.72. The van der Waals surface area contributed by atoms with Gasteiger partial charge in [0.25, 0.3) is 0 Å². The van der Waals surface area contributed by atoms with Crippen molar-refractivity contribution in [3.05, 3.63) is 77.3 Å². The van der Waals surface area contributed by atoms with Gasteiger partial charge >= 0.3 is 0 Å². The smallest absolute Gasteiger partial charge is 0.234 e. The van der Waals surface area contributed by atoms with Gasteiger partial charge in [0.2, 0.25) is 11.8 Å². The van der Waals surface area contributed by atoms with Crippen LogP contribution in [-0.2, 0) is 11.2 Å². The van der Waals surface area contributed by atoms with Crippen molar-refractivity contribution in [2.24, 2.45) is 0 Å². The number of amides is 1. The number of thioether (sulfide) groups is 1. The molecular weight excluding hydrogens is 404 g/mol. The molecule has 1 aromatic heterocycles. The number of carbonyl (C=O) groups excluding carboxylic acids is 1. The van der Waals surface area contributed by atoms with E-state index in [9.17, 15) is 4.79 Å². The summed E-state index contributed by atoms with van der Waals surface area (Å²) in [5, 5.41) is 3.59. The van der Waals surface area contributed by atoms with Crippen molar-refractivity contribution in [3.63, 3.8) is 0 Å². The highest BCUT2D eigenvalue weighted by atomic mass is 35.5. The fourth-order valence-electron chi connectivity index (χ4n) is 2.89. The Bertz CT molecular complexity index is 1140. The van der Waals surface area contributed by atoms with Crippen molar-refractivity contribution in [3.8, 4) is 11.5 Å². The molecule has 1 amide bonds. The minimum atomic E-state index is -0.0633. The number of anilines is 1. The van der Waals surface area contributed by atoms with Crippen LogP contribution in [0.4, 0.5) is 5.69 Å². The van der Waals surface area contributed by atoms with E-state index in [1.807, 2.05) is 54.6 Å². The van der Waals surface area contributed by atoms with Crippen LogP contribution in [-0.4, -0.2) is 16.6 Å². The van der Waals surface area contributed by atoms with Crippen molar-refractivity contribution in [1.82, 2.24) is 4.98 Å². The van der Waals surface area contributed by atoms with Crippen molar-refractivity contribution in [2.45, 2.75) is 18.2 Å². The molecule has 0 atom stereocenters. The average molecular weight is 423 g/mol. The first-order chi connectivity index (χ1) is 14.1. The lowest BCUT2D eigenvalue weighted by Crippen LogP contribution is -2.13. The Kier molecular flexibility index (Phi) is 5.88. The zero-order valence-corrected chi connectivity index (χ0v) is 17.4. The summed E-state index contributed by atoms with van der Waals surface area (Å²) in [5.74, 6) is 0.838. The lowest BCUT2D eigenvalue weighted by atomic mass is 10.1. The number of aromatic nitrogens is 1. The number of halogens is 1. The maximum atomic E-state index is 12.2. The van der Waals surface area contributed by atoms with Crippen LogP contribution in [0.25, 0.3) is 22.6 Å². The van der Waals surface area contributed by atoms with E-state index < -0.39 is 0 Å². The molecule has 0 radical (unpaired) electrons. The second-order valence-electron chi connectivity index (χ2n) is 6.54. The van der Waals surface area contributed by atoms with Crippen LogP contribution in [0.5, 0.6) is 0 Å². The maximum Gasteiger partial charge on any atom is 0.234 e. The van der Waals surface area contributed by atoms with E-state index in [4.69, 9.17) is 16.0 Å². The predicted octanol–water partition coefficient (Wildman–Crippen LogP) is 6.44. The summed E-state index contributed by atoms with van der Waals surface area (Å²) < 4.78 is 5.86. The van der Waals surface area contributed by atoms with Crippen molar-refractivity contribution in [1.29, 1.82) is 0 Å². The zero-order valence-electron chi connectivity index (χ0n) is 15.8. The summed E-state index contributed by atoms with van der Waals surface area (Å²) in [6, 6.07) is 21.0. The van der Waals surface area contributed by atoms with Gasteiger partial charge in [0.05, 0.1) is 5.75 Å². The number of rotatable bonds is 6. The van der Waals surface area contributed by atoms with Gasteiger partial charge in [-0.25, -0.2) is 4.98 Å². The van der Waals surface area contributed by atoms with E-state index >= 15 is 0 Å². The summed E-state index contributed by atoms with van der Waals surface area (Å²) in [7, 11) is 0. The number of nitrogens with one attached hydrogen (secondary N) is 1. The van der Waals surface area contributed by atoms with Gasteiger partial charge in [-0.05, 0) is 72.6 Å². The van der Waals surface area contributed by atoms with Gasteiger partial charge in [-0.3, -0.25) is 4.79 Å². The molecular formula is C23H19ClN2O2S. The molecule has 3 aromatic carbocycles. The summed E-state index contributed by atoms with van der Waals surface area (Å²) in [4.78, 5) is 17.8. The second-order valence-corrected chi connectivity index (χ2v) is 8.03. The molecule has 4 aromatic rings. The molecule has 0 aliphatic heterocycles. The number of hydrogen-bond acceptors (Lipinski definition) is 4. The third-order valence-electron chi connectivity index (χ3n) is 4.46. The van der Waals surface area contributed by atoms with Crippen molar-refractivity contribution < 1.29 is 9.21 Å². The van der Waals surface area contributed by atoms with Crippen LogP contribution >= 0.6 is 23.4 Å². The van der Waals surface area contributed by atoms with Crippen LogP contribution in [0.1, 0.15) is 12.5 Å². The Balaban J connectivity index is 1.39. The minimum Gasteiger partial charge on any atom is -0.436 e. The first kappa shape index (κ1) is 19.6. The number of oxazole rings is 1. The van der Waals surface area contributed by atoms with Crippen LogP contribution in [0.3, 0.4) is 0 Å². The van der Waals surface area contributed by atoms with Crippen LogP contribution in [0, 0.1) is 0 Å². The van der Waals surface area contributed by atoms with Gasteiger partial charge in [0.15, 0.2) is 5.58 Å². The van der Waals surface area contributed by atoms with E-state index in [-0.39, 0.29) is 5.91 Å². The van der Waals surface area contributed by atoms with Crippen molar-refractivity contribution in [2.75, 3.05) is 11.1 Å². The largest absolute Gasteiger partial charge is 0.436 e. The Morgan fingerprint density at radius 3 is 2.55 bits per heavy atom. The normalized spacial score (nSPS) is 11.0. The fourth-order valence-corrected chi connectivity index (χ4v) is 3.71. The fraction of sp³-hybridized carbons (Fsp3) is 0.130. The molecule has 0 aliphatic rings. The van der Waals surface area contributed by atoms with E-state index in [2.05, 4.69) is 29.4 Å². The molecule has 4 rings (SSSR count). The Labute approximate surface area is 178 Å². The minimum absolute atomic E-state index is 0.0633. The van der Waals surface area contributed by atoms with Crippen LogP contribution < -0.4 is 5.32 Å². The van der Waals surface area contributed by atoms with Crippen LogP contribution in [0.2, 0.25) is 5.02 Å².